The van der Waals surface area contributed by atoms with Crippen molar-refractivity contribution < 1.29 is 9.53 Å². The Hall–Kier alpha value is -4.38. The number of ether oxygens (including phenoxy) is 1. The number of hydrogen-bond donors (Lipinski definition) is 2. The first-order chi connectivity index (χ1) is 18.7. The molecule has 0 bridgehead atoms. The van der Waals surface area contributed by atoms with Crippen molar-refractivity contribution in [2.75, 3.05) is 18.2 Å². The number of carbonyl (C=O) groups is 1. The predicted octanol–water partition coefficient (Wildman–Crippen LogP) is 6.45. The van der Waals surface area contributed by atoms with Crippen LogP contribution in [-0.2, 0) is 4.79 Å². The third-order valence-corrected chi connectivity index (χ3v) is 7.88. The lowest BCUT2D eigenvalue weighted by molar-refractivity contribution is -0.115. The Bertz CT molecular complexity index is 1600. The Balaban J connectivity index is 1.58. The largest absolute Gasteiger partial charge is 0.497 e. The Morgan fingerprint density at radius 1 is 1.05 bits per heavy atom. The molecule has 4 rings (SSSR count). The maximum Gasteiger partial charge on any atom is 0.239 e. The van der Waals surface area contributed by atoms with Gasteiger partial charge in [-0.05, 0) is 36.1 Å². The summed E-state index contributed by atoms with van der Waals surface area (Å²) in [5.74, 6) is 0.761. The second-order valence-corrected chi connectivity index (χ2v) is 11.1. The molecule has 39 heavy (non-hydrogen) atoms. The number of hydrogen-bond acceptors (Lipinski definition) is 9. The van der Waals surface area contributed by atoms with Crippen molar-refractivity contribution in [2.45, 2.75) is 37.0 Å². The number of aromatic nitrogens is 2. The van der Waals surface area contributed by atoms with Crippen LogP contribution in [0.2, 0.25) is 0 Å². The molecular formula is C29H26N6O2S2. The smallest absolute Gasteiger partial charge is 0.239 e. The summed E-state index contributed by atoms with van der Waals surface area (Å²) in [6.07, 6.45) is 0. The molecule has 4 aromatic rings. The molecule has 1 unspecified atom stereocenters. The topological polar surface area (TPSA) is 138 Å². The van der Waals surface area contributed by atoms with Crippen LogP contribution in [0.25, 0.3) is 22.4 Å². The van der Waals surface area contributed by atoms with E-state index in [-0.39, 0.29) is 27.9 Å². The van der Waals surface area contributed by atoms with Gasteiger partial charge in [-0.3, -0.25) is 4.79 Å². The zero-order valence-corrected chi connectivity index (χ0v) is 23.5. The van der Waals surface area contributed by atoms with E-state index in [9.17, 15) is 15.3 Å². The van der Waals surface area contributed by atoms with Crippen molar-refractivity contribution >= 4 is 40.0 Å². The number of nitrogen functional groups attached to an aromatic ring is 1. The molecule has 2 heterocycles. The normalized spacial score (nSPS) is 11.5. The summed E-state index contributed by atoms with van der Waals surface area (Å²) in [5.41, 5.74) is 10.3. The van der Waals surface area contributed by atoms with Gasteiger partial charge in [0.15, 0.2) is 5.13 Å². The van der Waals surface area contributed by atoms with Crippen LogP contribution in [0.15, 0.2) is 58.9 Å². The molecule has 0 fully saturated rings. The van der Waals surface area contributed by atoms with E-state index in [1.807, 2.05) is 53.9 Å². The molecule has 0 aliphatic rings. The van der Waals surface area contributed by atoms with Gasteiger partial charge in [-0.15, -0.1) is 11.3 Å². The van der Waals surface area contributed by atoms with Gasteiger partial charge in [0.2, 0.25) is 5.91 Å². The maximum atomic E-state index is 13.0. The number of methoxy groups -OCH3 is 1. The van der Waals surface area contributed by atoms with Crippen LogP contribution in [-0.4, -0.2) is 28.2 Å². The van der Waals surface area contributed by atoms with Crippen molar-refractivity contribution in [3.8, 4) is 40.3 Å². The Kier molecular flexibility index (Phi) is 8.50. The van der Waals surface area contributed by atoms with E-state index < -0.39 is 5.25 Å². The molecule has 0 saturated carbocycles. The number of carbonyl (C=O) groups excluding carboxylic acids is 1. The fourth-order valence-corrected chi connectivity index (χ4v) is 5.52. The molecule has 0 aliphatic heterocycles. The SMILES string of the molecule is COc1cccc(-c2csc(NC(=O)C(C)Sc3nc(N)c(C#N)c(-c4ccc(C(C)C)cc4)c3C#N)n2)c1. The molecule has 2 aromatic heterocycles. The van der Waals surface area contributed by atoms with Crippen LogP contribution in [0, 0.1) is 22.7 Å². The summed E-state index contributed by atoms with van der Waals surface area (Å²) >= 11 is 2.42. The first-order valence-electron chi connectivity index (χ1n) is 12.1. The molecule has 2 aromatic carbocycles. The van der Waals surface area contributed by atoms with Crippen LogP contribution < -0.4 is 15.8 Å². The van der Waals surface area contributed by atoms with Gasteiger partial charge in [-0.1, -0.05) is 62.0 Å². The second kappa shape index (κ2) is 12.0. The molecule has 0 radical (unpaired) electrons. The number of thiazole rings is 1. The van der Waals surface area contributed by atoms with Crippen LogP contribution in [0.5, 0.6) is 5.75 Å². The van der Waals surface area contributed by atoms with E-state index in [4.69, 9.17) is 10.5 Å². The van der Waals surface area contributed by atoms with Crippen LogP contribution in [0.1, 0.15) is 43.4 Å². The Labute approximate surface area is 235 Å². The van der Waals surface area contributed by atoms with Gasteiger partial charge in [0.25, 0.3) is 0 Å². The van der Waals surface area contributed by atoms with Gasteiger partial charge >= 0.3 is 0 Å². The molecule has 1 amide bonds. The summed E-state index contributed by atoms with van der Waals surface area (Å²) in [6, 6.07) is 19.5. The minimum absolute atomic E-state index is 0.0115. The number of benzene rings is 2. The lowest BCUT2D eigenvalue weighted by Gasteiger charge is -2.16. The standard InChI is InChI=1S/C29H26N6O2S2/c1-16(2)18-8-10-19(11-9-18)25-22(13-30)26(32)34-28(23(25)14-31)39-17(3)27(36)35-29-33-24(15-38-29)20-6-5-7-21(12-20)37-4/h5-12,15-17H,1-4H3,(H2,32,34)(H,33,35,36). The average molecular weight is 555 g/mol. The molecule has 1 atom stereocenters. The highest BCUT2D eigenvalue weighted by Gasteiger charge is 2.24. The van der Waals surface area contributed by atoms with Crippen LogP contribution in [0.3, 0.4) is 0 Å². The molecule has 0 saturated heterocycles. The van der Waals surface area contributed by atoms with E-state index in [1.165, 1.54) is 11.3 Å². The highest BCUT2D eigenvalue weighted by atomic mass is 32.2. The van der Waals surface area contributed by atoms with Crippen LogP contribution in [0.4, 0.5) is 10.9 Å². The van der Waals surface area contributed by atoms with Crippen LogP contribution >= 0.6 is 23.1 Å². The second-order valence-electron chi connectivity index (χ2n) is 8.95. The van der Waals surface area contributed by atoms with E-state index in [1.54, 1.807) is 14.0 Å². The van der Waals surface area contributed by atoms with Gasteiger partial charge in [-0.25, -0.2) is 9.97 Å². The number of rotatable bonds is 8. The lowest BCUT2D eigenvalue weighted by atomic mass is 9.94. The summed E-state index contributed by atoms with van der Waals surface area (Å²) in [6.45, 7) is 5.89. The van der Waals surface area contributed by atoms with Gasteiger partial charge in [0, 0.05) is 16.5 Å². The Morgan fingerprint density at radius 3 is 2.41 bits per heavy atom. The number of anilines is 2. The summed E-state index contributed by atoms with van der Waals surface area (Å²) in [5, 5.41) is 24.7. The van der Waals surface area contributed by atoms with Gasteiger partial charge in [0.05, 0.1) is 23.6 Å². The maximum absolute atomic E-state index is 13.0. The predicted molar refractivity (Wildman–Crippen MR) is 156 cm³/mol. The molecule has 196 valence electrons. The zero-order chi connectivity index (χ0) is 28.1. The summed E-state index contributed by atoms with van der Waals surface area (Å²) in [7, 11) is 1.60. The molecule has 10 heteroatoms. The number of nitrogens with zero attached hydrogens (tertiary/aromatic N) is 4. The van der Waals surface area contributed by atoms with E-state index in [0.29, 0.717) is 27.9 Å². The fourth-order valence-electron chi connectivity index (χ4n) is 3.88. The number of nitriles is 2. The quantitative estimate of drug-likeness (QED) is 0.237. The van der Waals surface area contributed by atoms with E-state index in [2.05, 4.69) is 41.3 Å². The number of thioether (sulfide) groups is 1. The van der Waals surface area contributed by atoms with Gasteiger partial charge in [-0.2, -0.15) is 10.5 Å². The fraction of sp³-hybridized carbons (Fsp3) is 0.207. The third kappa shape index (κ3) is 6.04. The number of nitrogens with two attached hydrogens (primary N) is 1. The highest BCUT2D eigenvalue weighted by molar-refractivity contribution is 8.00. The molecule has 0 aliphatic carbocycles. The highest BCUT2D eigenvalue weighted by Crippen LogP contribution is 2.37. The average Bonchev–Trinajstić information content (AvgIpc) is 3.41. The van der Waals surface area contributed by atoms with Crippen molar-refractivity contribution in [3.05, 3.63) is 70.6 Å². The van der Waals surface area contributed by atoms with Gasteiger partial charge < -0.3 is 15.8 Å². The minimum Gasteiger partial charge on any atom is -0.497 e. The Morgan fingerprint density at radius 2 is 1.77 bits per heavy atom. The van der Waals surface area contributed by atoms with E-state index >= 15 is 0 Å². The zero-order valence-electron chi connectivity index (χ0n) is 21.9. The van der Waals surface area contributed by atoms with Crippen molar-refractivity contribution in [2.24, 2.45) is 0 Å². The monoisotopic (exact) mass is 554 g/mol. The summed E-state index contributed by atoms with van der Waals surface area (Å²) < 4.78 is 5.28. The first-order valence-corrected chi connectivity index (χ1v) is 13.8. The number of pyridine rings is 1. The van der Waals surface area contributed by atoms with Crippen molar-refractivity contribution in [1.82, 2.24) is 9.97 Å². The minimum atomic E-state index is -0.628. The third-order valence-electron chi connectivity index (χ3n) is 6.04. The number of nitrogens with one attached hydrogen (secondary N) is 1. The van der Waals surface area contributed by atoms with Crippen molar-refractivity contribution in [3.63, 3.8) is 0 Å². The number of amides is 1. The molecule has 8 nitrogen and oxygen atoms in total. The lowest BCUT2D eigenvalue weighted by Crippen LogP contribution is -2.22. The molecule has 3 N–H and O–H groups in total. The molecular weight excluding hydrogens is 528 g/mol. The van der Waals surface area contributed by atoms with Crippen molar-refractivity contribution in [1.29, 1.82) is 10.5 Å². The molecule has 0 spiro atoms. The first kappa shape index (κ1) is 27.6. The van der Waals surface area contributed by atoms with Gasteiger partial charge in [0.1, 0.15) is 34.3 Å². The van der Waals surface area contributed by atoms with E-state index in [0.717, 1.165) is 28.6 Å². The summed E-state index contributed by atoms with van der Waals surface area (Å²) in [4.78, 5) is 21.9.